The molecular weight excluding hydrogens is 320 g/mol. The summed E-state index contributed by atoms with van der Waals surface area (Å²) in [4.78, 5) is 12.4. The maximum Gasteiger partial charge on any atom is 0.236 e. The van der Waals surface area contributed by atoms with Crippen molar-refractivity contribution in [1.82, 2.24) is 4.67 Å². The topological polar surface area (TPSA) is 20.3 Å². The number of hydrogen-bond acceptors (Lipinski definition) is 1. The number of carbonyl (C=O) groups excluding carboxylic acids is 1. The highest BCUT2D eigenvalue weighted by Gasteiger charge is 2.43. The molecule has 0 aromatic heterocycles. The zero-order valence-electron chi connectivity index (χ0n) is 14.0. The maximum atomic E-state index is 12.4. The molecule has 0 aliphatic carbocycles. The molecule has 1 saturated heterocycles. The van der Waals surface area contributed by atoms with Gasteiger partial charge in [0, 0.05) is 15.0 Å². The Morgan fingerprint density at radius 2 is 1.57 bits per heavy atom. The van der Waals surface area contributed by atoms with Crippen molar-refractivity contribution in [3.05, 3.63) is 71.8 Å². The Morgan fingerprint density at radius 3 is 2.04 bits per heavy atom. The van der Waals surface area contributed by atoms with Crippen molar-refractivity contribution >= 4 is 22.6 Å². The van der Waals surface area contributed by atoms with Gasteiger partial charge in [-0.1, -0.05) is 74.5 Å². The zero-order valence-corrected chi connectivity index (χ0v) is 16.0. The van der Waals surface area contributed by atoms with Crippen molar-refractivity contribution in [2.75, 3.05) is 13.2 Å². The van der Waals surface area contributed by atoms with Crippen molar-refractivity contribution < 1.29 is 4.79 Å². The first-order valence-corrected chi connectivity index (χ1v) is 11.3. The Kier molecular flexibility index (Phi) is 6.75. The lowest BCUT2D eigenvalue weighted by molar-refractivity contribution is -0.127. The van der Waals surface area contributed by atoms with Crippen LogP contribution in [-0.4, -0.2) is 23.8 Å². The average molecular weight is 345 g/mol. The smallest absolute Gasteiger partial charge is 0.236 e. The Hall–Kier alpha value is -1.23. The van der Waals surface area contributed by atoms with Crippen LogP contribution in [0.3, 0.4) is 0 Å². The number of nitrogens with zero attached hydrogens (tertiary/aromatic N) is 1. The second-order valence-electron chi connectivity index (χ2n) is 5.92. The van der Waals surface area contributed by atoms with Crippen molar-refractivity contribution in [2.45, 2.75) is 25.7 Å². The van der Waals surface area contributed by atoms with Gasteiger partial charge in [-0.3, -0.25) is 4.79 Å². The third-order valence-corrected chi connectivity index (χ3v) is 6.55. The molecule has 2 nitrogen and oxygen atoms in total. The summed E-state index contributed by atoms with van der Waals surface area (Å²) in [5.74, 6) is 0.311. The second kappa shape index (κ2) is 8.57. The summed E-state index contributed by atoms with van der Waals surface area (Å²) in [6.45, 7) is 7.24. The van der Waals surface area contributed by atoms with Crippen LogP contribution in [0.25, 0.3) is 0 Å². The highest BCUT2D eigenvalue weighted by Crippen LogP contribution is 2.46. The van der Waals surface area contributed by atoms with E-state index in [1.165, 1.54) is 5.56 Å². The first-order chi connectivity index (χ1) is 11.1. The molecule has 1 aliphatic heterocycles. The molecule has 3 rings (SSSR count). The lowest BCUT2D eigenvalue weighted by Crippen LogP contribution is -2.31. The SMILES string of the molecule is CPPN1CCC(C)(c2ccccc2)C1=O.Cc1ccccc1. The predicted octanol–water partition coefficient (Wildman–Crippen LogP) is 4.99. The van der Waals surface area contributed by atoms with E-state index < -0.39 is 0 Å². The van der Waals surface area contributed by atoms with Crippen LogP contribution in [0.2, 0.25) is 0 Å². The van der Waals surface area contributed by atoms with Crippen LogP contribution in [0.4, 0.5) is 0 Å². The van der Waals surface area contributed by atoms with Crippen molar-refractivity contribution in [3.8, 4) is 0 Å². The van der Waals surface area contributed by atoms with E-state index in [0.717, 1.165) is 26.8 Å². The monoisotopic (exact) mass is 345 g/mol. The average Bonchev–Trinajstić information content (AvgIpc) is 2.87. The molecule has 2 aromatic carbocycles. The predicted molar refractivity (Wildman–Crippen MR) is 104 cm³/mol. The molecule has 2 aromatic rings. The minimum absolute atomic E-state index is 0.284. The summed E-state index contributed by atoms with van der Waals surface area (Å²) in [5, 5.41) is 0. The van der Waals surface area contributed by atoms with E-state index in [2.05, 4.69) is 44.8 Å². The summed E-state index contributed by atoms with van der Waals surface area (Å²) >= 11 is 0. The van der Waals surface area contributed by atoms with Crippen molar-refractivity contribution in [2.24, 2.45) is 0 Å². The minimum atomic E-state index is -0.284. The van der Waals surface area contributed by atoms with Crippen LogP contribution in [0, 0.1) is 6.92 Å². The summed E-state index contributed by atoms with van der Waals surface area (Å²) in [6.07, 6.45) is 0.952. The van der Waals surface area contributed by atoms with Gasteiger partial charge in [0.2, 0.25) is 5.91 Å². The largest absolute Gasteiger partial charge is 0.320 e. The number of benzene rings is 2. The first kappa shape index (κ1) is 18.1. The quantitative estimate of drug-likeness (QED) is 0.718. The molecule has 0 radical (unpaired) electrons. The molecule has 0 spiro atoms. The lowest BCUT2D eigenvalue weighted by atomic mass is 9.81. The van der Waals surface area contributed by atoms with Crippen molar-refractivity contribution in [1.29, 1.82) is 0 Å². The van der Waals surface area contributed by atoms with E-state index in [1.807, 2.05) is 41.1 Å². The summed E-state index contributed by atoms with van der Waals surface area (Å²) < 4.78 is 2.03. The van der Waals surface area contributed by atoms with Gasteiger partial charge in [-0.25, -0.2) is 0 Å². The van der Waals surface area contributed by atoms with E-state index >= 15 is 0 Å². The maximum absolute atomic E-state index is 12.4. The summed E-state index contributed by atoms with van der Waals surface area (Å²) in [7, 11) is 1.52. The highest BCUT2D eigenvalue weighted by atomic mass is 32.0. The van der Waals surface area contributed by atoms with Gasteiger partial charge in [0.1, 0.15) is 0 Å². The third-order valence-electron chi connectivity index (χ3n) is 4.15. The molecule has 1 heterocycles. The summed E-state index contributed by atoms with van der Waals surface area (Å²) in [6, 6.07) is 20.4. The number of amides is 1. The van der Waals surface area contributed by atoms with E-state index in [4.69, 9.17) is 0 Å². The molecule has 122 valence electrons. The van der Waals surface area contributed by atoms with Gasteiger partial charge in [0.15, 0.2) is 0 Å². The molecule has 1 amide bonds. The molecular formula is C19H25NOP2. The number of carbonyl (C=O) groups is 1. The van der Waals surface area contributed by atoms with E-state index in [-0.39, 0.29) is 5.41 Å². The Labute approximate surface area is 143 Å². The fraction of sp³-hybridized carbons (Fsp3) is 0.316. The van der Waals surface area contributed by atoms with E-state index in [1.54, 1.807) is 0 Å². The lowest BCUT2D eigenvalue weighted by Gasteiger charge is -2.23. The molecule has 4 heteroatoms. The Balaban J connectivity index is 0.000000229. The standard InChI is InChI=1S/C12H17NOP2.C7H8/c1-12(10-6-4-3-5-7-10)8-9-13(11(12)14)16-15-2;1-7-5-3-2-4-6-7/h3-7,15-16H,8-9H2,1-2H3;2-6H,1H3. The van der Waals surface area contributed by atoms with Gasteiger partial charge in [0.05, 0.1) is 5.41 Å². The van der Waals surface area contributed by atoms with Crippen LogP contribution in [0.15, 0.2) is 60.7 Å². The second-order valence-corrected chi connectivity index (χ2v) is 9.36. The normalized spacial score (nSPS) is 21.2. The van der Waals surface area contributed by atoms with Gasteiger partial charge >= 0.3 is 0 Å². The molecule has 23 heavy (non-hydrogen) atoms. The van der Waals surface area contributed by atoms with Gasteiger partial charge in [-0.15, -0.1) is 0 Å². The van der Waals surface area contributed by atoms with E-state index in [0.29, 0.717) is 14.3 Å². The molecule has 1 fully saturated rings. The molecule has 1 aliphatic rings. The van der Waals surface area contributed by atoms with Crippen LogP contribution in [0.5, 0.6) is 0 Å². The highest BCUT2D eigenvalue weighted by molar-refractivity contribution is 8.10. The molecule has 0 N–H and O–H groups in total. The minimum Gasteiger partial charge on any atom is -0.320 e. The zero-order chi connectivity index (χ0) is 16.7. The van der Waals surface area contributed by atoms with Crippen LogP contribution >= 0.6 is 16.7 Å². The summed E-state index contributed by atoms with van der Waals surface area (Å²) in [5.41, 5.74) is 2.20. The molecule has 0 saturated carbocycles. The molecule has 0 bridgehead atoms. The van der Waals surface area contributed by atoms with Crippen LogP contribution in [-0.2, 0) is 10.2 Å². The number of hydrogen-bond donors (Lipinski definition) is 0. The fourth-order valence-electron chi connectivity index (χ4n) is 2.69. The van der Waals surface area contributed by atoms with Gasteiger partial charge < -0.3 is 4.67 Å². The van der Waals surface area contributed by atoms with Gasteiger partial charge in [-0.05, 0) is 32.5 Å². The Bertz CT molecular complexity index is 618. The van der Waals surface area contributed by atoms with Gasteiger partial charge in [0.25, 0.3) is 0 Å². The van der Waals surface area contributed by atoms with Crippen LogP contribution in [0.1, 0.15) is 24.5 Å². The molecule has 3 unspecified atom stereocenters. The first-order valence-electron chi connectivity index (χ1n) is 7.89. The van der Waals surface area contributed by atoms with Crippen molar-refractivity contribution in [3.63, 3.8) is 0 Å². The van der Waals surface area contributed by atoms with E-state index in [9.17, 15) is 4.79 Å². The molecule has 3 atom stereocenters. The van der Waals surface area contributed by atoms with Crippen LogP contribution < -0.4 is 0 Å². The number of rotatable bonds is 3. The fourth-order valence-corrected chi connectivity index (χ4v) is 4.98. The Morgan fingerprint density at radius 1 is 1.00 bits per heavy atom. The van der Waals surface area contributed by atoms with Gasteiger partial charge in [-0.2, -0.15) is 0 Å². The third kappa shape index (κ3) is 4.63. The number of aryl methyl sites for hydroxylation is 1.